The summed E-state index contributed by atoms with van der Waals surface area (Å²) in [5.74, 6) is 0. The molecule has 0 fully saturated rings. The van der Waals surface area contributed by atoms with E-state index in [1.54, 1.807) is 36.7 Å². The smallest absolute Gasteiger partial charge is 0.0831 e. The molecule has 0 saturated carbocycles. The molecule has 0 aliphatic rings. The first-order valence-corrected chi connectivity index (χ1v) is 5.94. The Morgan fingerprint density at radius 1 is 1.06 bits per heavy atom. The highest BCUT2D eigenvalue weighted by Gasteiger charge is 2.09. The number of aliphatic hydroxyl groups excluding tert-OH is 1. The molecule has 0 amide bonds. The Labute approximate surface area is 110 Å². The van der Waals surface area contributed by atoms with Crippen LogP contribution in [-0.2, 0) is 6.42 Å². The van der Waals surface area contributed by atoms with E-state index >= 15 is 0 Å². The minimum Gasteiger partial charge on any atom is -0.388 e. The van der Waals surface area contributed by atoms with Crippen molar-refractivity contribution in [3.05, 3.63) is 63.9 Å². The third-order valence-electron chi connectivity index (χ3n) is 2.50. The molecule has 0 bridgehead atoms. The molecule has 0 spiro atoms. The fourth-order valence-corrected chi connectivity index (χ4v) is 1.91. The van der Waals surface area contributed by atoms with Crippen LogP contribution in [0.4, 0.5) is 0 Å². The van der Waals surface area contributed by atoms with E-state index in [4.69, 9.17) is 23.2 Å². The van der Waals surface area contributed by atoms with Crippen molar-refractivity contribution in [2.45, 2.75) is 12.5 Å². The molecule has 1 unspecified atom stereocenters. The molecule has 1 atom stereocenters. The zero-order chi connectivity index (χ0) is 12.3. The molecule has 88 valence electrons. The molecule has 0 aliphatic carbocycles. The maximum atomic E-state index is 10.0. The van der Waals surface area contributed by atoms with E-state index in [1.165, 1.54) is 0 Å². The van der Waals surface area contributed by atoms with Gasteiger partial charge < -0.3 is 5.11 Å². The van der Waals surface area contributed by atoms with E-state index in [0.29, 0.717) is 16.5 Å². The second-order valence-corrected chi connectivity index (χ2v) is 4.56. The van der Waals surface area contributed by atoms with Gasteiger partial charge in [0.1, 0.15) is 0 Å². The largest absolute Gasteiger partial charge is 0.388 e. The van der Waals surface area contributed by atoms with Crippen molar-refractivity contribution >= 4 is 23.2 Å². The Balaban J connectivity index is 2.13. The van der Waals surface area contributed by atoms with Gasteiger partial charge in [-0.15, -0.1) is 0 Å². The van der Waals surface area contributed by atoms with E-state index in [1.807, 2.05) is 6.07 Å². The molecule has 0 saturated heterocycles. The molecular formula is C13H11Cl2NO. The number of aromatic nitrogens is 1. The summed E-state index contributed by atoms with van der Waals surface area (Å²) in [5, 5.41) is 11.1. The SMILES string of the molecule is OC(Cc1ccc(Cl)c(Cl)c1)c1ccncc1. The van der Waals surface area contributed by atoms with Gasteiger partial charge in [0.15, 0.2) is 0 Å². The van der Waals surface area contributed by atoms with E-state index in [0.717, 1.165) is 11.1 Å². The molecule has 2 aromatic rings. The summed E-state index contributed by atoms with van der Waals surface area (Å²) >= 11 is 11.8. The average Bonchev–Trinajstić information content (AvgIpc) is 2.35. The number of benzene rings is 1. The number of aliphatic hydroxyl groups is 1. The monoisotopic (exact) mass is 267 g/mol. The fraction of sp³-hybridized carbons (Fsp3) is 0.154. The van der Waals surface area contributed by atoms with E-state index in [-0.39, 0.29) is 0 Å². The molecule has 1 N–H and O–H groups in total. The van der Waals surface area contributed by atoms with Gasteiger partial charge in [-0.25, -0.2) is 0 Å². The molecule has 17 heavy (non-hydrogen) atoms. The maximum Gasteiger partial charge on any atom is 0.0831 e. The standard InChI is InChI=1S/C13H11Cl2NO/c14-11-2-1-9(7-12(11)15)8-13(17)10-3-5-16-6-4-10/h1-7,13,17H,8H2. The first-order chi connectivity index (χ1) is 8.16. The summed E-state index contributed by atoms with van der Waals surface area (Å²) in [5.41, 5.74) is 1.79. The van der Waals surface area contributed by atoms with Gasteiger partial charge in [0, 0.05) is 18.8 Å². The van der Waals surface area contributed by atoms with Crippen LogP contribution >= 0.6 is 23.2 Å². The van der Waals surface area contributed by atoms with Crippen LogP contribution in [-0.4, -0.2) is 10.1 Å². The van der Waals surface area contributed by atoms with Gasteiger partial charge in [-0.1, -0.05) is 29.3 Å². The molecule has 1 aromatic carbocycles. The zero-order valence-corrected chi connectivity index (χ0v) is 10.5. The van der Waals surface area contributed by atoms with Crippen LogP contribution in [0.5, 0.6) is 0 Å². The highest BCUT2D eigenvalue weighted by molar-refractivity contribution is 6.42. The molecule has 2 rings (SSSR count). The Kier molecular flexibility index (Phi) is 4.00. The maximum absolute atomic E-state index is 10.0. The van der Waals surface area contributed by atoms with Crippen LogP contribution in [0.25, 0.3) is 0 Å². The molecule has 1 heterocycles. The number of hydrogen-bond acceptors (Lipinski definition) is 2. The third kappa shape index (κ3) is 3.19. The van der Waals surface area contributed by atoms with Crippen LogP contribution in [0.15, 0.2) is 42.7 Å². The number of hydrogen-bond donors (Lipinski definition) is 1. The van der Waals surface area contributed by atoms with Crippen LogP contribution in [0.1, 0.15) is 17.2 Å². The summed E-state index contributed by atoms with van der Waals surface area (Å²) in [6, 6.07) is 8.95. The zero-order valence-electron chi connectivity index (χ0n) is 8.98. The number of nitrogens with zero attached hydrogens (tertiary/aromatic N) is 1. The molecule has 2 nitrogen and oxygen atoms in total. The third-order valence-corrected chi connectivity index (χ3v) is 3.24. The lowest BCUT2D eigenvalue weighted by Crippen LogP contribution is -2.01. The van der Waals surface area contributed by atoms with Gasteiger partial charge in [0.05, 0.1) is 16.1 Å². The van der Waals surface area contributed by atoms with Crippen molar-refractivity contribution in [3.8, 4) is 0 Å². The summed E-state index contributed by atoms with van der Waals surface area (Å²) in [6.07, 6.45) is 3.26. The van der Waals surface area contributed by atoms with Crippen LogP contribution < -0.4 is 0 Å². The summed E-state index contributed by atoms with van der Waals surface area (Å²) in [7, 11) is 0. The second-order valence-electron chi connectivity index (χ2n) is 3.75. The van der Waals surface area contributed by atoms with Crippen molar-refractivity contribution in [2.24, 2.45) is 0 Å². The number of halogens is 2. The van der Waals surface area contributed by atoms with Crippen molar-refractivity contribution < 1.29 is 5.11 Å². The quantitative estimate of drug-likeness (QED) is 0.921. The molecule has 0 aliphatic heterocycles. The lowest BCUT2D eigenvalue weighted by Gasteiger charge is -2.11. The second kappa shape index (κ2) is 5.50. The molecule has 4 heteroatoms. The Morgan fingerprint density at radius 2 is 1.76 bits per heavy atom. The molecular weight excluding hydrogens is 257 g/mol. The molecule has 1 aromatic heterocycles. The summed E-state index contributed by atoms with van der Waals surface area (Å²) < 4.78 is 0. The van der Waals surface area contributed by atoms with E-state index in [9.17, 15) is 5.11 Å². The van der Waals surface area contributed by atoms with Gasteiger partial charge in [0.2, 0.25) is 0 Å². The predicted molar refractivity (Wildman–Crippen MR) is 69.4 cm³/mol. The van der Waals surface area contributed by atoms with Crippen LogP contribution in [0.2, 0.25) is 10.0 Å². The topological polar surface area (TPSA) is 33.1 Å². The number of pyridine rings is 1. The number of rotatable bonds is 3. The average molecular weight is 268 g/mol. The Hall–Kier alpha value is -1.09. The summed E-state index contributed by atoms with van der Waals surface area (Å²) in [6.45, 7) is 0. The van der Waals surface area contributed by atoms with Gasteiger partial charge in [0.25, 0.3) is 0 Å². The first kappa shape index (κ1) is 12.4. The lowest BCUT2D eigenvalue weighted by molar-refractivity contribution is 0.178. The van der Waals surface area contributed by atoms with E-state index in [2.05, 4.69) is 4.98 Å². The predicted octanol–water partition coefficient (Wildman–Crippen LogP) is 3.66. The lowest BCUT2D eigenvalue weighted by atomic mass is 10.0. The van der Waals surface area contributed by atoms with Gasteiger partial charge in [-0.3, -0.25) is 4.98 Å². The van der Waals surface area contributed by atoms with Crippen molar-refractivity contribution in [3.63, 3.8) is 0 Å². The minimum atomic E-state index is -0.560. The normalized spacial score (nSPS) is 12.4. The van der Waals surface area contributed by atoms with Crippen molar-refractivity contribution in [1.82, 2.24) is 4.98 Å². The van der Waals surface area contributed by atoms with Gasteiger partial charge in [-0.2, -0.15) is 0 Å². The van der Waals surface area contributed by atoms with E-state index < -0.39 is 6.10 Å². The van der Waals surface area contributed by atoms with Crippen molar-refractivity contribution in [2.75, 3.05) is 0 Å². The van der Waals surface area contributed by atoms with Gasteiger partial charge >= 0.3 is 0 Å². The van der Waals surface area contributed by atoms with Crippen molar-refractivity contribution in [1.29, 1.82) is 0 Å². The molecule has 0 radical (unpaired) electrons. The fourth-order valence-electron chi connectivity index (χ4n) is 1.59. The highest BCUT2D eigenvalue weighted by Crippen LogP contribution is 2.25. The van der Waals surface area contributed by atoms with Gasteiger partial charge in [-0.05, 0) is 35.4 Å². The minimum absolute atomic E-state index is 0.501. The van der Waals surface area contributed by atoms with Crippen LogP contribution in [0.3, 0.4) is 0 Å². The Bertz CT molecular complexity index is 502. The summed E-state index contributed by atoms with van der Waals surface area (Å²) in [4.78, 5) is 3.91. The highest BCUT2D eigenvalue weighted by atomic mass is 35.5. The first-order valence-electron chi connectivity index (χ1n) is 5.19. The Morgan fingerprint density at radius 3 is 2.41 bits per heavy atom. The van der Waals surface area contributed by atoms with Crippen LogP contribution in [0, 0.1) is 0 Å².